The molecule has 6 nitrogen and oxygen atoms in total. The van der Waals surface area contributed by atoms with E-state index in [2.05, 4.69) is 15.0 Å². The second-order valence-corrected chi connectivity index (χ2v) is 4.42. The number of carboxylic acids is 1. The molecule has 0 aliphatic heterocycles. The van der Waals surface area contributed by atoms with Gasteiger partial charge in [0.25, 0.3) is 0 Å². The molecule has 84 valence electrons. The maximum atomic E-state index is 10.8. The van der Waals surface area contributed by atoms with Gasteiger partial charge in [0.15, 0.2) is 15.6 Å². The minimum atomic E-state index is -0.988. The van der Waals surface area contributed by atoms with Gasteiger partial charge in [-0.25, -0.2) is 14.8 Å². The highest BCUT2D eigenvalue weighted by Gasteiger charge is 2.09. The number of hydrogen-bond donors (Lipinski definition) is 2. The van der Waals surface area contributed by atoms with E-state index in [-0.39, 0.29) is 5.56 Å². The van der Waals surface area contributed by atoms with Crippen LogP contribution in [0.2, 0.25) is 0 Å². The Labute approximate surface area is 98.8 Å². The first-order valence-electron chi connectivity index (χ1n) is 4.70. The number of rotatable bonds is 1. The number of nitrogen functional groups attached to an aromatic ring is 1. The van der Waals surface area contributed by atoms with Crippen molar-refractivity contribution >= 4 is 43.9 Å². The molecular weight excluding hydrogens is 240 g/mol. The second-order valence-electron chi connectivity index (χ2n) is 3.41. The SMILES string of the molecule is Nc1nc2nc3ccc(C(=O)O)cc3nc2s1. The molecule has 0 radical (unpaired) electrons. The summed E-state index contributed by atoms with van der Waals surface area (Å²) in [7, 11) is 0. The fourth-order valence-electron chi connectivity index (χ4n) is 1.53. The highest BCUT2D eigenvalue weighted by molar-refractivity contribution is 7.21. The van der Waals surface area contributed by atoms with Gasteiger partial charge in [0.05, 0.1) is 16.6 Å². The van der Waals surface area contributed by atoms with Gasteiger partial charge in [0.2, 0.25) is 0 Å². The molecule has 0 saturated carbocycles. The molecular formula is C10H6N4O2S. The molecule has 0 bridgehead atoms. The first-order chi connectivity index (χ1) is 8.13. The zero-order chi connectivity index (χ0) is 12.0. The van der Waals surface area contributed by atoms with Gasteiger partial charge >= 0.3 is 5.97 Å². The molecule has 17 heavy (non-hydrogen) atoms. The van der Waals surface area contributed by atoms with Crippen LogP contribution >= 0.6 is 11.3 Å². The van der Waals surface area contributed by atoms with E-state index in [1.165, 1.54) is 23.5 Å². The third-order valence-electron chi connectivity index (χ3n) is 2.28. The van der Waals surface area contributed by atoms with Gasteiger partial charge in [-0.3, -0.25) is 0 Å². The normalized spacial score (nSPS) is 11.1. The predicted molar refractivity (Wildman–Crippen MR) is 64.1 cm³/mol. The standard InChI is InChI=1S/C10H6N4O2S/c11-10-14-7-8(17-10)13-6-3-4(9(15)16)1-2-5(6)12-7/h1-3H,(H,15,16)(H2,11,12,14). The van der Waals surface area contributed by atoms with Crippen molar-refractivity contribution in [3.05, 3.63) is 23.8 Å². The minimum Gasteiger partial charge on any atom is -0.478 e. The summed E-state index contributed by atoms with van der Waals surface area (Å²) >= 11 is 1.23. The molecule has 2 aromatic heterocycles. The molecule has 2 heterocycles. The van der Waals surface area contributed by atoms with Crippen LogP contribution in [0, 0.1) is 0 Å². The van der Waals surface area contributed by atoms with Gasteiger partial charge in [-0.05, 0) is 18.2 Å². The molecule has 0 amide bonds. The molecule has 0 unspecified atom stereocenters. The van der Waals surface area contributed by atoms with Crippen LogP contribution in [0.5, 0.6) is 0 Å². The van der Waals surface area contributed by atoms with Crippen molar-refractivity contribution in [2.24, 2.45) is 0 Å². The summed E-state index contributed by atoms with van der Waals surface area (Å²) in [6.45, 7) is 0. The zero-order valence-electron chi connectivity index (χ0n) is 8.41. The van der Waals surface area contributed by atoms with Crippen molar-refractivity contribution in [1.29, 1.82) is 0 Å². The lowest BCUT2D eigenvalue weighted by molar-refractivity contribution is 0.0697. The number of nitrogens with zero attached hydrogens (tertiary/aromatic N) is 3. The average molecular weight is 246 g/mol. The van der Waals surface area contributed by atoms with E-state index in [0.717, 1.165) is 0 Å². The third-order valence-corrected chi connectivity index (χ3v) is 3.05. The zero-order valence-corrected chi connectivity index (χ0v) is 9.23. The lowest BCUT2D eigenvalue weighted by atomic mass is 10.2. The maximum Gasteiger partial charge on any atom is 0.335 e. The number of anilines is 1. The summed E-state index contributed by atoms with van der Waals surface area (Å²) < 4.78 is 0. The first-order valence-corrected chi connectivity index (χ1v) is 5.52. The monoisotopic (exact) mass is 246 g/mol. The van der Waals surface area contributed by atoms with E-state index in [0.29, 0.717) is 26.6 Å². The Balaban J connectivity index is 2.35. The highest BCUT2D eigenvalue weighted by atomic mass is 32.1. The van der Waals surface area contributed by atoms with Crippen molar-refractivity contribution < 1.29 is 9.90 Å². The Hall–Kier alpha value is -2.28. The predicted octanol–water partition coefficient (Wildman–Crippen LogP) is 1.52. The van der Waals surface area contributed by atoms with Crippen molar-refractivity contribution in [3.8, 4) is 0 Å². The molecule has 1 aromatic carbocycles. The molecule has 7 heteroatoms. The number of aromatic nitrogens is 3. The molecule has 3 N–H and O–H groups in total. The van der Waals surface area contributed by atoms with Crippen molar-refractivity contribution in [3.63, 3.8) is 0 Å². The second kappa shape index (κ2) is 3.36. The van der Waals surface area contributed by atoms with E-state index in [1.54, 1.807) is 6.07 Å². The summed E-state index contributed by atoms with van der Waals surface area (Å²) in [6, 6.07) is 4.59. The molecule has 0 fully saturated rings. The summed E-state index contributed by atoms with van der Waals surface area (Å²) in [6.07, 6.45) is 0. The van der Waals surface area contributed by atoms with E-state index >= 15 is 0 Å². The highest BCUT2D eigenvalue weighted by Crippen LogP contribution is 2.23. The minimum absolute atomic E-state index is 0.184. The Kier molecular flexibility index (Phi) is 1.96. The van der Waals surface area contributed by atoms with Crippen LogP contribution in [0.15, 0.2) is 18.2 Å². The summed E-state index contributed by atoms with van der Waals surface area (Å²) in [5.41, 5.74) is 7.37. The van der Waals surface area contributed by atoms with Crippen LogP contribution in [-0.2, 0) is 0 Å². The lowest BCUT2D eigenvalue weighted by Gasteiger charge is -1.98. The van der Waals surface area contributed by atoms with Gasteiger partial charge in [0.1, 0.15) is 0 Å². The number of carboxylic acid groups (broad SMARTS) is 1. The van der Waals surface area contributed by atoms with Crippen molar-refractivity contribution in [1.82, 2.24) is 15.0 Å². The number of nitrogens with two attached hydrogens (primary N) is 1. The van der Waals surface area contributed by atoms with Crippen molar-refractivity contribution in [2.75, 3.05) is 5.73 Å². The fraction of sp³-hybridized carbons (Fsp3) is 0. The first kappa shape index (κ1) is 9.91. The Bertz CT molecular complexity index is 752. The fourth-order valence-corrected chi connectivity index (χ4v) is 2.19. The molecule has 0 spiro atoms. The van der Waals surface area contributed by atoms with Crippen LogP contribution in [0.25, 0.3) is 21.5 Å². The van der Waals surface area contributed by atoms with Crippen LogP contribution in [0.3, 0.4) is 0 Å². The molecule has 3 rings (SSSR count). The summed E-state index contributed by atoms with van der Waals surface area (Å²) in [5.74, 6) is -0.988. The van der Waals surface area contributed by atoms with Gasteiger partial charge in [-0.15, -0.1) is 0 Å². The van der Waals surface area contributed by atoms with Crippen LogP contribution in [0.4, 0.5) is 5.13 Å². The third kappa shape index (κ3) is 1.56. The van der Waals surface area contributed by atoms with Gasteiger partial charge in [-0.1, -0.05) is 11.3 Å². The van der Waals surface area contributed by atoms with Gasteiger partial charge < -0.3 is 10.8 Å². The van der Waals surface area contributed by atoms with Gasteiger partial charge in [-0.2, -0.15) is 4.98 Å². The van der Waals surface area contributed by atoms with E-state index < -0.39 is 5.97 Å². The number of carbonyl (C=O) groups is 1. The Morgan fingerprint density at radius 3 is 2.82 bits per heavy atom. The van der Waals surface area contributed by atoms with Crippen LogP contribution < -0.4 is 5.73 Å². The smallest absolute Gasteiger partial charge is 0.335 e. The number of benzene rings is 1. The van der Waals surface area contributed by atoms with E-state index in [1.807, 2.05) is 0 Å². The maximum absolute atomic E-state index is 10.8. The largest absolute Gasteiger partial charge is 0.478 e. The molecule has 0 saturated heterocycles. The topological polar surface area (TPSA) is 102 Å². The average Bonchev–Trinajstić information content (AvgIpc) is 2.63. The quantitative estimate of drug-likeness (QED) is 0.674. The summed E-state index contributed by atoms with van der Waals surface area (Å²) in [5, 5.41) is 9.28. The number of fused-ring (bicyclic) bond motifs is 2. The molecule has 3 aromatic rings. The Morgan fingerprint density at radius 2 is 2.06 bits per heavy atom. The molecule has 0 atom stereocenters. The number of thiazole rings is 1. The van der Waals surface area contributed by atoms with E-state index in [4.69, 9.17) is 10.8 Å². The molecule has 0 aliphatic rings. The molecule has 0 aliphatic carbocycles. The Morgan fingerprint density at radius 1 is 1.24 bits per heavy atom. The number of aromatic carboxylic acids is 1. The number of hydrogen-bond acceptors (Lipinski definition) is 6. The van der Waals surface area contributed by atoms with Gasteiger partial charge in [0, 0.05) is 0 Å². The van der Waals surface area contributed by atoms with E-state index in [9.17, 15) is 4.79 Å². The van der Waals surface area contributed by atoms with Crippen LogP contribution in [0.1, 0.15) is 10.4 Å². The van der Waals surface area contributed by atoms with Crippen molar-refractivity contribution in [2.45, 2.75) is 0 Å². The van der Waals surface area contributed by atoms with Crippen LogP contribution in [-0.4, -0.2) is 26.0 Å². The summed E-state index contributed by atoms with van der Waals surface area (Å²) in [4.78, 5) is 24.0. The lowest BCUT2D eigenvalue weighted by Crippen LogP contribution is -1.96.